The van der Waals surface area contributed by atoms with E-state index in [9.17, 15) is 9.59 Å². The predicted molar refractivity (Wildman–Crippen MR) is 88.8 cm³/mol. The summed E-state index contributed by atoms with van der Waals surface area (Å²) in [6, 6.07) is 12.9. The Morgan fingerprint density at radius 2 is 1.92 bits per heavy atom. The van der Waals surface area contributed by atoms with Crippen molar-refractivity contribution in [2.75, 3.05) is 13.1 Å². The van der Waals surface area contributed by atoms with E-state index in [1.54, 1.807) is 12.1 Å². The van der Waals surface area contributed by atoms with E-state index >= 15 is 0 Å². The van der Waals surface area contributed by atoms with Gasteiger partial charge in [0.25, 0.3) is 5.91 Å². The Hall–Kier alpha value is -2.89. The van der Waals surface area contributed by atoms with Crippen LogP contribution in [-0.4, -0.2) is 40.0 Å². The Morgan fingerprint density at radius 3 is 2.50 bits per heavy atom. The van der Waals surface area contributed by atoms with Crippen molar-refractivity contribution in [3.8, 4) is 5.88 Å². The Bertz CT molecular complexity index is 671. The number of carboxylic acid groups (broad SMARTS) is 1. The lowest BCUT2D eigenvalue weighted by atomic mass is 10.2. The number of pyridine rings is 1. The standard InChI is InChI=1S/C18H20N2O4/c1-2-10-20(12-17(21)22)18(23)15-8-9-16(19-11-15)24-13-14-6-4-3-5-7-14/h3-9,11H,2,10,12-13H2,1H3,(H,21,22). The number of aromatic nitrogens is 1. The van der Waals surface area contributed by atoms with E-state index in [0.29, 0.717) is 31.0 Å². The number of nitrogens with zero attached hydrogens (tertiary/aromatic N) is 2. The van der Waals surface area contributed by atoms with E-state index in [1.165, 1.54) is 11.1 Å². The number of carbonyl (C=O) groups is 2. The molecule has 0 radical (unpaired) electrons. The second-order valence-corrected chi connectivity index (χ2v) is 5.28. The van der Waals surface area contributed by atoms with Gasteiger partial charge in [0, 0.05) is 18.8 Å². The monoisotopic (exact) mass is 328 g/mol. The molecular formula is C18H20N2O4. The Morgan fingerprint density at radius 1 is 1.17 bits per heavy atom. The van der Waals surface area contributed by atoms with Gasteiger partial charge in [-0.25, -0.2) is 4.98 Å². The van der Waals surface area contributed by atoms with Crippen molar-refractivity contribution in [3.63, 3.8) is 0 Å². The van der Waals surface area contributed by atoms with E-state index in [1.807, 2.05) is 37.3 Å². The molecule has 0 atom stereocenters. The van der Waals surface area contributed by atoms with E-state index in [2.05, 4.69) is 4.98 Å². The second kappa shape index (κ2) is 8.67. The molecule has 1 amide bonds. The van der Waals surface area contributed by atoms with Gasteiger partial charge in [-0.05, 0) is 18.1 Å². The number of aliphatic carboxylic acids is 1. The number of carboxylic acids is 1. The highest BCUT2D eigenvalue weighted by molar-refractivity contribution is 5.95. The number of rotatable bonds is 8. The highest BCUT2D eigenvalue weighted by Crippen LogP contribution is 2.12. The van der Waals surface area contributed by atoms with E-state index in [-0.39, 0.29) is 12.5 Å². The lowest BCUT2D eigenvalue weighted by molar-refractivity contribution is -0.137. The minimum atomic E-state index is -1.03. The molecule has 2 rings (SSSR count). The van der Waals surface area contributed by atoms with Gasteiger partial charge in [0.2, 0.25) is 5.88 Å². The molecule has 0 bridgehead atoms. The summed E-state index contributed by atoms with van der Waals surface area (Å²) in [6.45, 7) is 2.35. The molecule has 6 heteroatoms. The van der Waals surface area contributed by atoms with Crippen LogP contribution >= 0.6 is 0 Å². The number of hydrogen-bond donors (Lipinski definition) is 1. The van der Waals surface area contributed by atoms with Crippen molar-refractivity contribution in [1.29, 1.82) is 0 Å². The largest absolute Gasteiger partial charge is 0.480 e. The summed E-state index contributed by atoms with van der Waals surface area (Å²) >= 11 is 0. The maximum Gasteiger partial charge on any atom is 0.323 e. The van der Waals surface area contributed by atoms with Crippen LogP contribution < -0.4 is 4.74 Å². The zero-order valence-corrected chi connectivity index (χ0v) is 13.5. The Kier molecular flexibility index (Phi) is 6.31. The molecule has 1 aromatic heterocycles. The van der Waals surface area contributed by atoms with Gasteiger partial charge in [0.15, 0.2) is 0 Å². The quantitative estimate of drug-likeness (QED) is 0.806. The highest BCUT2D eigenvalue weighted by Gasteiger charge is 2.18. The maximum absolute atomic E-state index is 12.3. The van der Waals surface area contributed by atoms with Crippen molar-refractivity contribution >= 4 is 11.9 Å². The van der Waals surface area contributed by atoms with Crippen LogP contribution in [0, 0.1) is 0 Å². The molecular weight excluding hydrogens is 308 g/mol. The molecule has 0 saturated carbocycles. The molecule has 0 saturated heterocycles. The first-order chi connectivity index (χ1) is 11.6. The fourth-order valence-corrected chi connectivity index (χ4v) is 2.19. The third-order valence-corrected chi connectivity index (χ3v) is 3.32. The van der Waals surface area contributed by atoms with Crippen LogP contribution in [-0.2, 0) is 11.4 Å². The minimum Gasteiger partial charge on any atom is -0.480 e. The first kappa shape index (κ1) is 17.5. The fraction of sp³-hybridized carbons (Fsp3) is 0.278. The van der Waals surface area contributed by atoms with Crippen LogP contribution in [0.15, 0.2) is 48.7 Å². The van der Waals surface area contributed by atoms with Gasteiger partial charge in [-0.2, -0.15) is 0 Å². The minimum absolute atomic E-state index is 0.321. The van der Waals surface area contributed by atoms with Crippen LogP contribution in [0.5, 0.6) is 5.88 Å². The second-order valence-electron chi connectivity index (χ2n) is 5.28. The molecule has 0 aliphatic heterocycles. The maximum atomic E-state index is 12.3. The van der Waals surface area contributed by atoms with Gasteiger partial charge in [-0.15, -0.1) is 0 Å². The molecule has 6 nitrogen and oxygen atoms in total. The third kappa shape index (κ3) is 5.08. The third-order valence-electron chi connectivity index (χ3n) is 3.32. The number of benzene rings is 1. The molecule has 1 aromatic carbocycles. The SMILES string of the molecule is CCCN(CC(=O)O)C(=O)c1ccc(OCc2ccccc2)nc1. The average molecular weight is 328 g/mol. The lowest BCUT2D eigenvalue weighted by Gasteiger charge is -2.19. The van der Waals surface area contributed by atoms with Gasteiger partial charge in [-0.3, -0.25) is 9.59 Å². The van der Waals surface area contributed by atoms with E-state index < -0.39 is 5.97 Å². The summed E-state index contributed by atoms with van der Waals surface area (Å²) in [5.41, 5.74) is 1.37. The Balaban J connectivity index is 1.99. The van der Waals surface area contributed by atoms with Gasteiger partial charge in [-0.1, -0.05) is 37.3 Å². The van der Waals surface area contributed by atoms with Crippen LogP contribution in [0.25, 0.3) is 0 Å². The van der Waals surface area contributed by atoms with Crippen molar-refractivity contribution < 1.29 is 19.4 Å². The van der Waals surface area contributed by atoms with Crippen LogP contribution in [0.4, 0.5) is 0 Å². The van der Waals surface area contributed by atoms with E-state index in [0.717, 1.165) is 5.56 Å². The van der Waals surface area contributed by atoms with Crippen molar-refractivity contribution in [2.45, 2.75) is 20.0 Å². The zero-order chi connectivity index (χ0) is 17.4. The summed E-state index contributed by atoms with van der Waals surface area (Å²) in [6.07, 6.45) is 2.10. The number of ether oxygens (including phenoxy) is 1. The molecule has 1 heterocycles. The van der Waals surface area contributed by atoms with Crippen LogP contribution in [0.2, 0.25) is 0 Å². The normalized spacial score (nSPS) is 10.2. The summed E-state index contributed by atoms with van der Waals surface area (Å²) in [5.74, 6) is -0.968. The van der Waals surface area contributed by atoms with E-state index in [4.69, 9.17) is 9.84 Å². The molecule has 0 fully saturated rings. The van der Waals surface area contributed by atoms with Crippen molar-refractivity contribution in [2.24, 2.45) is 0 Å². The van der Waals surface area contributed by atoms with Gasteiger partial charge in [0.1, 0.15) is 13.2 Å². The summed E-state index contributed by atoms with van der Waals surface area (Å²) in [7, 11) is 0. The zero-order valence-electron chi connectivity index (χ0n) is 13.5. The highest BCUT2D eigenvalue weighted by atomic mass is 16.5. The first-order valence-electron chi connectivity index (χ1n) is 7.74. The topological polar surface area (TPSA) is 79.7 Å². The summed E-state index contributed by atoms with van der Waals surface area (Å²) in [5, 5.41) is 8.90. The first-order valence-corrected chi connectivity index (χ1v) is 7.74. The van der Waals surface area contributed by atoms with Gasteiger partial charge < -0.3 is 14.7 Å². The molecule has 0 aliphatic rings. The fourth-order valence-electron chi connectivity index (χ4n) is 2.19. The molecule has 0 spiro atoms. The molecule has 0 unspecified atom stereocenters. The van der Waals surface area contributed by atoms with Crippen molar-refractivity contribution in [3.05, 3.63) is 59.8 Å². The van der Waals surface area contributed by atoms with Gasteiger partial charge >= 0.3 is 5.97 Å². The Labute approximate surface area is 140 Å². The number of carbonyl (C=O) groups excluding carboxylic acids is 1. The molecule has 2 aromatic rings. The number of amides is 1. The molecule has 126 valence electrons. The van der Waals surface area contributed by atoms with Crippen molar-refractivity contribution in [1.82, 2.24) is 9.88 Å². The van der Waals surface area contributed by atoms with Gasteiger partial charge in [0.05, 0.1) is 5.56 Å². The summed E-state index contributed by atoms with van der Waals surface area (Å²) < 4.78 is 5.57. The molecule has 0 aliphatic carbocycles. The lowest BCUT2D eigenvalue weighted by Crippen LogP contribution is -2.36. The number of hydrogen-bond acceptors (Lipinski definition) is 4. The smallest absolute Gasteiger partial charge is 0.323 e. The molecule has 24 heavy (non-hydrogen) atoms. The summed E-state index contributed by atoms with van der Waals surface area (Å²) in [4.78, 5) is 28.6. The average Bonchev–Trinajstić information content (AvgIpc) is 2.60. The van der Waals surface area contributed by atoms with Crippen LogP contribution in [0.1, 0.15) is 29.3 Å². The predicted octanol–water partition coefficient (Wildman–Crippen LogP) is 2.60. The van der Waals surface area contributed by atoms with Crippen LogP contribution in [0.3, 0.4) is 0 Å². The molecule has 1 N–H and O–H groups in total.